The standard InChI is InChI=1S/C6H5NO/c1-8-6-3-2-4-7-5-6/h2,4H,1H3. The summed E-state index contributed by atoms with van der Waals surface area (Å²) < 4.78 is 4.74. The molecule has 0 aliphatic heterocycles. The van der Waals surface area contributed by atoms with Crippen molar-refractivity contribution in [2.24, 2.45) is 0 Å². The SMILES string of the molecule is COc1[c]ccn[c]1. The molecule has 0 saturated carbocycles. The molecule has 8 heavy (non-hydrogen) atoms. The van der Waals surface area contributed by atoms with Gasteiger partial charge in [-0.1, -0.05) is 0 Å². The van der Waals surface area contributed by atoms with Gasteiger partial charge in [-0.15, -0.1) is 0 Å². The summed E-state index contributed by atoms with van der Waals surface area (Å²) in [4.78, 5) is 3.67. The fraction of sp³-hybridized carbons (Fsp3) is 0.167. The molecule has 0 aliphatic carbocycles. The third-order valence-electron chi connectivity index (χ3n) is 0.734. The second-order valence-corrected chi connectivity index (χ2v) is 1.23. The van der Waals surface area contributed by atoms with Crippen LogP contribution in [-0.4, -0.2) is 12.1 Å². The lowest BCUT2D eigenvalue weighted by atomic mass is 10.5. The second-order valence-electron chi connectivity index (χ2n) is 1.23. The molecule has 0 N–H and O–H groups in total. The highest BCUT2D eigenvalue weighted by Gasteiger charge is 1.84. The molecule has 0 aliphatic rings. The average molecular weight is 107 g/mol. The van der Waals surface area contributed by atoms with Crippen LogP contribution in [0.15, 0.2) is 12.3 Å². The molecule has 40 valence electrons. The lowest BCUT2D eigenvalue weighted by Gasteiger charge is -1.91. The minimum Gasteiger partial charge on any atom is -0.494 e. The Kier molecular flexibility index (Phi) is 1.47. The van der Waals surface area contributed by atoms with Crippen LogP contribution < -0.4 is 4.74 Å². The van der Waals surface area contributed by atoms with E-state index in [-0.39, 0.29) is 0 Å². The summed E-state index contributed by atoms with van der Waals surface area (Å²) in [6, 6.07) is 4.45. The van der Waals surface area contributed by atoms with Crippen molar-refractivity contribution in [2.45, 2.75) is 0 Å². The summed E-state index contributed by atoms with van der Waals surface area (Å²) >= 11 is 0. The molecule has 0 amide bonds. The number of aromatic nitrogens is 1. The zero-order valence-electron chi connectivity index (χ0n) is 4.51. The van der Waals surface area contributed by atoms with Crippen molar-refractivity contribution in [1.82, 2.24) is 4.98 Å². The number of methoxy groups -OCH3 is 1. The minimum atomic E-state index is 0.549. The number of ether oxygens (including phenoxy) is 1. The molecule has 1 heterocycles. The van der Waals surface area contributed by atoms with Crippen LogP contribution in [0.3, 0.4) is 0 Å². The third kappa shape index (κ3) is 0.964. The molecule has 0 atom stereocenters. The fourth-order valence-corrected chi connectivity index (χ4v) is 0.383. The van der Waals surface area contributed by atoms with Gasteiger partial charge in [0.2, 0.25) is 0 Å². The molecule has 1 rings (SSSR count). The van der Waals surface area contributed by atoms with E-state index in [2.05, 4.69) is 17.2 Å². The number of rotatable bonds is 1. The van der Waals surface area contributed by atoms with E-state index in [0.29, 0.717) is 5.75 Å². The number of nitrogens with zero attached hydrogens (tertiary/aromatic N) is 1. The van der Waals surface area contributed by atoms with E-state index in [4.69, 9.17) is 4.74 Å². The molecule has 1 aromatic heterocycles. The highest BCUT2D eigenvalue weighted by atomic mass is 16.5. The molecule has 0 spiro atoms. The summed E-state index contributed by atoms with van der Waals surface area (Å²) in [5.41, 5.74) is 0. The molecular formula is C6H5NO. The van der Waals surface area contributed by atoms with Gasteiger partial charge in [0, 0.05) is 12.3 Å². The van der Waals surface area contributed by atoms with E-state index in [1.165, 1.54) is 0 Å². The van der Waals surface area contributed by atoms with Gasteiger partial charge in [-0.25, -0.2) is 0 Å². The second kappa shape index (κ2) is 2.31. The first-order valence-corrected chi connectivity index (χ1v) is 2.22. The monoisotopic (exact) mass is 107 g/mol. The number of pyridine rings is 1. The molecule has 0 fully saturated rings. The maximum atomic E-state index is 4.74. The normalized spacial score (nSPS) is 8.62. The van der Waals surface area contributed by atoms with Gasteiger partial charge in [0.1, 0.15) is 6.20 Å². The number of hydrogen-bond acceptors (Lipinski definition) is 2. The molecule has 0 unspecified atom stereocenters. The first-order chi connectivity index (χ1) is 3.93. The van der Waals surface area contributed by atoms with E-state index in [9.17, 15) is 0 Å². The van der Waals surface area contributed by atoms with Crippen molar-refractivity contribution in [2.75, 3.05) is 7.11 Å². The van der Waals surface area contributed by atoms with Gasteiger partial charge in [0.15, 0.2) is 5.75 Å². The van der Waals surface area contributed by atoms with Crippen LogP contribution in [0.4, 0.5) is 0 Å². The van der Waals surface area contributed by atoms with Gasteiger partial charge in [-0.2, -0.15) is 0 Å². The highest BCUT2D eigenvalue weighted by molar-refractivity contribution is 5.11. The van der Waals surface area contributed by atoms with Crippen molar-refractivity contribution < 1.29 is 4.74 Å². The van der Waals surface area contributed by atoms with Crippen LogP contribution in [0.5, 0.6) is 5.75 Å². The largest absolute Gasteiger partial charge is 0.494 e. The van der Waals surface area contributed by atoms with Crippen molar-refractivity contribution in [3.63, 3.8) is 0 Å². The van der Waals surface area contributed by atoms with Crippen LogP contribution in [0, 0.1) is 12.3 Å². The topological polar surface area (TPSA) is 22.1 Å². The molecular weight excluding hydrogens is 102 g/mol. The highest BCUT2D eigenvalue weighted by Crippen LogP contribution is 2.00. The lowest BCUT2D eigenvalue weighted by Crippen LogP contribution is -1.82. The van der Waals surface area contributed by atoms with Crippen molar-refractivity contribution >= 4 is 0 Å². The summed E-state index contributed by atoms with van der Waals surface area (Å²) in [6.07, 6.45) is 4.19. The fourth-order valence-electron chi connectivity index (χ4n) is 0.383. The predicted octanol–water partition coefficient (Wildman–Crippen LogP) is 0.691. The first kappa shape index (κ1) is 5.09. The molecule has 2 radical (unpaired) electrons. The van der Waals surface area contributed by atoms with Gasteiger partial charge in [0.05, 0.1) is 7.11 Å². The maximum Gasteiger partial charge on any atom is 0.154 e. The van der Waals surface area contributed by atoms with Crippen molar-refractivity contribution in [3.05, 3.63) is 24.5 Å². The molecule has 2 heteroatoms. The Labute approximate surface area is 48.1 Å². The summed E-state index contributed by atoms with van der Waals surface area (Å²) in [6.45, 7) is 0. The van der Waals surface area contributed by atoms with E-state index in [0.717, 1.165) is 0 Å². The van der Waals surface area contributed by atoms with E-state index in [1.807, 2.05) is 0 Å². The van der Waals surface area contributed by atoms with E-state index in [1.54, 1.807) is 19.4 Å². The summed E-state index contributed by atoms with van der Waals surface area (Å²) in [5.74, 6) is 0.549. The van der Waals surface area contributed by atoms with Gasteiger partial charge in [0.25, 0.3) is 0 Å². The van der Waals surface area contributed by atoms with Gasteiger partial charge in [-0.05, 0) is 6.07 Å². The number of hydrogen-bond donors (Lipinski definition) is 0. The summed E-state index contributed by atoms with van der Waals surface area (Å²) in [5, 5.41) is 0. The Hall–Kier alpha value is -1.05. The Morgan fingerprint density at radius 2 is 2.62 bits per heavy atom. The zero-order valence-corrected chi connectivity index (χ0v) is 4.51. The van der Waals surface area contributed by atoms with Crippen LogP contribution in [0.1, 0.15) is 0 Å². The Balaban J connectivity index is 2.83. The first-order valence-electron chi connectivity index (χ1n) is 2.22. The smallest absolute Gasteiger partial charge is 0.154 e. The van der Waals surface area contributed by atoms with Gasteiger partial charge in [-0.3, -0.25) is 4.98 Å². The molecule has 2 nitrogen and oxygen atoms in total. The van der Waals surface area contributed by atoms with Crippen LogP contribution in [0.25, 0.3) is 0 Å². The van der Waals surface area contributed by atoms with Gasteiger partial charge < -0.3 is 4.74 Å². The Bertz CT molecular complexity index is 150. The molecule has 0 saturated heterocycles. The maximum absolute atomic E-state index is 4.74. The van der Waals surface area contributed by atoms with E-state index < -0.39 is 0 Å². The van der Waals surface area contributed by atoms with Gasteiger partial charge >= 0.3 is 0 Å². The molecule has 1 aromatic rings. The lowest BCUT2D eigenvalue weighted by molar-refractivity contribution is 0.411. The molecule has 0 aromatic carbocycles. The van der Waals surface area contributed by atoms with Crippen molar-refractivity contribution in [1.29, 1.82) is 0 Å². The van der Waals surface area contributed by atoms with Crippen LogP contribution in [0.2, 0.25) is 0 Å². The Morgan fingerprint density at radius 1 is 1.75 bits per heavy atom. The van der Waals surface area contributed by atoms with Crippen molar-refractivity contribution in [3.8, 4) is 5.75 Å². The van der Waals surface area contributed by atoms with Crippen LogP contribution >= 0.6 is 0 Å². The third-order valence-corrected chi connectivity index (χ3v) is 0.734. The van der Waals surface area contributed by atoms with Crippen LogP contribution in [-0.2, 0) is 0 Å². The Morgan fingerprint density at radius 3 is 3.00 bits per heavy atom. The average Bonchev–Trinajstić information content (AvgIpc) is 1.90. The van der Waals surface area contributed by atoms with E-state index >= 15 is 0 Å². The summed E-state index contributed by atoms with van der Waals surface area (Å²) in [7, 11) is 1.56. The minimum absolute atomic E-state index is 0.549. The predicted molar refractivity (Wildman–Crippen MR) is 28.5 cm³/mol. The zero-order chi connectivity index (χ0) is 5.82. The molecule has 0 bridgehead atoms. The quantitative estimate of drug-likeness (QED) is 0.526.